The Morgan fingerprint density at radius 3 is 2.54 bits per heavy atom. The lowest BCUT2D eigenvalue weighted by molar-refractivity contribution is 0.0721. The molecular formula is C20H21FN4O. The Balaban J connectivity index is 1.89. The lowest BCUT2D eigenvalue weighted by atomic mass is 10.1. The molecule has 0 saturated carbocycles. The zero-order chi connectivity index (χ0) is 18.5. The second-order valence-electron chi connectivity index (χ2n) is 6.14. The molecule has 2 aromatic heterocycles. The first kappa shape index (κ1) is 17.8. The Kier molecular flexibility index (Phi) is 5.41. The van der Waals surface area contributed by atoms with Crippen LogP contribution in [0.4, 0.5) is 4.39 Å². The topological polar surface area (TPSA) is 61.9 Å². The van der Waals surface area contributed by atoms with E-state index in [0.717, 1.165) is 28.9 Å². The highest BCUT2D eigenvalue weighted by atomic mass is 19.1. The number of nitrogens with zero attached hydrogens (tertiary/aromatic N) is 3. The largest absolute Gasteiger partial charge is 0.327 e. The minimum atomic E-state index is -0.299. The Labute approximate surface area is 151 Å². The van der Waals surface area contributed by atoms with Crippen LogP contribution in [-0.4, -0.2) is 26.0 Å². The van der Waals surface area contributed by atoms with E-state index < -0.39 is 0 Å². The van der Waals surface area contributed by atoms with Crippen LogP contribution in [0.3, 0.4) is 0 Å². The van der Waals surface area contributed by atoms with Gasteiger partial charge in [-0.1, -0.05) is 25.1 Å². The lowest BCUT2D eigenvalue weighted by Gasteiger charge is -2.22. The second-order valence-corrected chi connectivity index (χ2v) is 6.14. The molecule has 3 aromatic rings. The number of carbonyl (C=O) groups excluding carboxylic acids is 1. The molecule has 0 atom stereocenters. The molecule has 1 amide bonds. The number of amides is 1. The van der Waals surface area contributed by atoms with E-state index in [4.69, 9.17) is 0 Å². The standard InChI is InChI=1S/C20H21FN4O/c1-3-18-14(2)19(24-23-18)20(26)25(13-17-6-4-5-11-22-17)12-15-7-9-16(21)10-8-15/h4-11H,3,12-13H2,1-2H3,(H,23,24). The fourth-order valence-corrected chi connectivity index (χ4v) is 2.83. The molecule has 0 radical (unpaired) electrons. The first-order valence-electron chi connectivity index (χ1n) is 8.56. The molecule has 3 rings (SSSR count). The van der Waals surface area contributed by atoms with E-state index in [1.54, 1.807) is 23.2 Å². The minimum Gasteiger partial charge on any atom is -0.327 e. The molecular weight excluding hydrogens is 331 g/mol. The van der Waals surface area contributed by atoms with Gasteiger partial charge in [-0.05, 0) is 43.2 Å². The summed E-state index contributed by atoms with van der Waals surface area (Å²) >= 11 is 0. The maximum absolute atomic E-state index is 13.2. The molecule has 26 heavy (non-hydrogen) atoms. The zero-order valence-corrected chi connectivity index (χ0v) is 14.9. The van der Waals surface area contributed by atoms with Crippen LogP contribution in [0, 0.1) is 12.7 Å². The van der Waals surface area contributed by atoms with E-state index in [1.165, 1.54) is 12.1 Å². The normalized spacial score (nSPS) is 10.7. The maximum atomic E-state index is 13.2. The maximum Gasteiger partial charge on any atom is 0.275 e. The van der Waals surface area contributed by atoms with Gasteiger partial charge in [0.05, 0.1) is 12.2 Å². The Hall–Kier alpha value is -3.02. The number of carbonyl (C=O) groups is 1. The molecule has 0 unspecified atom stereocenters. The highest BCUT2D eigenvalue weighted by molar-refractivity contribution is 5.93. The van der Waals surface area contributed by atoms with Crippen molar-refractivity contribution >= 4 is 5.91 Å². The van der Waals surface area contributed by atoms with Crippen LogP contribution < -0.4 is 0 Å². The van der Waals surface area contributed by atoms with Crippen molar-refractivity contribution in [1.82, 2.24) is 20.1 Å². The number of aryl methyl sites for hydroxylation is 1. The molecule has 0 fully saturated rings. The summed E-state index contributed by atoms with van der Waals surface area (Å²) in [6.45, 7) is 4.61. The first-order chi connectivity index (χ1) is 12.6. The average molecular weight is 352 g/mol. The summed E-state index contributed by atoms with van der Waals surface area (Å²) in [6, 6.07) is 11.8. The monoisotopic (exact) mass is 352 g/mol. The van der Waals surface area contributed by atoms with Gasteiger partial charge in [0.1, 0.15) is 5.82 Å². The van der Waals surface area contributed by atoms with E-state index in [1.807, 2.05) is 32.0 Å². The van der Waals surface area contributed by atoms with Crippen LogP contribution in [0.5, 0.6) is 0 Å². The van der Waals surface area contributed by atoms with Crippen LogP contribution in [0.25, 0.3) is 0 Å². The van der Waals surface area contributed by atoms with Crippen molar-refractivity contribution < 1.29 is 9.18 Å². The first-order valence-corrected chi connectivity index (χ1v) is 8.56. The quantitative estimate of drug-likeness (QED) is 0.736. The Morgan fingerprint density at radius 1 is 1.15 bits per heavy atom. The number of aromatic amines is 1. The molecule has 0 aliphatic rings. The second kappa shape index (κ2) is 7.91. The van der Waals surface area contributed by atoms with Crippen molar-refractivity contribution in [1.29, 1.82) is 0 Å². The van der Waals surface area contributed by atoms with Gasteiger partial charge in [0.2, 0.25) is 0 Å². The molecule has 1 N–H and O–H groups in total. The third-order valence-electron chi connectivity index (χ3n) is 4.32. The van der Waals surface area contributed by atoms with Gasteiger partial charge in [-0.15, -0.1) is 0 Å². The zero-order valence-electron chi connectivity index (χ0n) is 14.9. The molecule has 2 heterocycles. The van der Waals surface area contributed by atoms with Crippen molar-refractivity contribution in [3.8, 4) is 0 Å². The highest BCUT2D eigenvalue weighted by Gasteiger charge is 2.22. The van der Waals surface area contributed by atoms with Gasteiger partial charge in [0, 0.05) is 24.0 Å². The summed E-state index contributed by atoms with van der Waals surface area (Å²) in [5.74, 6) is -0.472. The van der Waals surface area contributed by atoms with E-state index in [9.17, 15) is 9.18 Å². The number of H-pyrrole nitrogens is 1. The number of benzene rings is 1. The molecule has 0 aliphatic carbocycles. The summed E-state index contributed by atoms with van der Waals surface area (Å²) in [5.41, 5.74) is 3.86. The summed E-state index contributed by atoms with van der Waals surface area (Å²) in [4.78, 5) is 19.1. The predicted molar refractivity (Wildman–Crippen MR) is 96.9 cm³/mol. The molecule has 0 aliphatic heterocycles. The molecule has 0 saturated heterocycles. The highest BCUT2D eigenvalue weighted by Crippen LogP contribution is 2.17. The Bertz CT molecular complexity index is 875. The number of nitrogens with one attached hydrogen (secondary N) is 1. The van der Waals surface area contributed by atoms with Crippen LogP contribution in [-0.2, 0) is 19.5 Å². The van der Waals surface area contributed by atoms with Gasteiger partial charge in [-0.25, -0.2) is 4.39 Å². The molecule has 134 valence electrons. The van der Waals surface area contributed by atoms with Crippen molar-refractivity contribution in [3.05, 3.63) is 82.7 Å². The van der Waals surface area contributed by atoms with E-state index in [2.05, 4.69) is 15.2 Å². The van der Waals surface area contributed by atoms with Gasteiger partial charge in [-0.2, -0.15) is 5.10 Å². The molecule has 6 heteroatoms. The number of pyridine rings is 1. The summed E-state index contributed by atoms with van der Waals surface area (Å²) in [7, 11) is 0. The minimum absolute atomic E-state index is 0.173. The van der Waals surface area contributed by atoms with Crippen LogP contribution >= 0.6 is 0 Å². The summed E-state index contributed by atoms with van der Waals surface area (Å²) < 4.78 is 13.2. The number of halogens is 1. The van der Waals surface area contributed by atoms with Crippen molar-refractivity contribution in [2.24, 2.45) is 0 Å². The fourth-order valence-electron chi connectivity index (χ4n) is 2.83. The number of rotatable bonds is 6. The molecule has 0 spiro atoms. The van der Waals surface area contributed by atoms with E-state index in [0.29, 0.717) is 18.8 Å². The Morgan fingerprint density at radius 2 is 1.92 bits per heavy atom. The van der Waals surface area contributed by atoms with Gasteiger partial charge >= 0.3 is 0 Å². The van der Waals surface area contributed by atoms with Gasteiger partial charge in [0.15, 0.2) is 5.69 Å². The smallest absolute Gasteiger partial charge is 0.275 e. The van der Waals surface area contributed by atoms with Gasteiger partial charge < -0.3 is 4.90 Å². The fraction of sp³-hybridized carbons (Fsp3) is 0.250. The number of aromatic nitrogens is 3. The van der Waals surface area contributed by atoms with E-state index in [-0.39, 0.29) is 11.7 Å². The summed E-state index contributed by atoms with van der Waals surface area (Å²) in [6.07, 6.45) is 2.48. The van der Waals surface area contributed by atoms with Gasteiger partial charge in [-0.3, -0.25) is 14.9 Å². The third-order valence-corrected chi connectivity index (χ3v) is 4.32. The average Bonchev–Trinajstić information content (AvgIpc) is 3.04. The van der Waals surface area contributed by atoms with Crippen LogP contribution in [0.2, 0.25) is 0 Å². The molecule has 5 nitrogen and oxygen atoms in total. The van der Waals surface area contributed by atoms with Crippen molar-refractivity contribution in [3.63, 3.8) is 0 Å². The number of hydrogen-bond donors (Lipinski definition) is 1. The van der Waals surface area contributed by atoms with Crippen LogP contribution in [0.15, 0.2) is 48.7 Å². The predicted octanol–water partition coefficient (Wildman–Crippen LogP) is 3.66. The summed E-state index contributed by atoms with van der Waals surface area (Å²) in [5, 5.41) is 7.14. The van der Waals surface area contributed by atoms with E-state index >= 15 is 0 Å². The number of hydrogen-bond acceptors (Lipinski definition) is 3. The SMILES string of the molecule is CCc1[nH]nc(C(=O)N(Cc2ccc(F)cc2)Cc2ccccn2)c1C. The molecule has 0 bridgehead atoms. The third kappa shape index (κ3) is 3.96. The lowest BCUT2D eigenvalue weighted by Crippen LogP contribution is -2.31. The van der Waals surface area contributed by atoms with Crippen molar-refractivity contribution in [2.45, 2.75) is 33.4 Å². The van der Waals surface area contributed by atoms with Crippen molar-refractivity contribution in [2.75, 3.05) is 0 Å². The molecule has 1 aromatic carbocycles. The van der Waals surface area contributed by atoms with Crippen LogP contribution in [0.1, 0.15) is 39.9 Å². The van der Waals surface area contributed by atoms with Gasteiger partial charge in [0.25, 0.3) is 5.91 Å².